The van der Waals surface area contributed by atoms with Gasteiger partial charge in [-0.1, -0.05) is 36.9 Å². The number of benzene rings is 1. The van der Waals surface area contributed by atoms with Gasteiger partial charge in [0.15, 0.2) is 5.96 Å². The van der Waals surface area contributed by atoms with Gasteiger partial charge in [-0.25, -0.2) is 4.99 Å². The number of aromatic nitrogens is 1. The third kappa shape index (κ3) is 9.82. The number of nitrogens with one attached hydrogen (secondary N) is 2. The first-order valence-electron chi connectivity index (χ1n) is 10.1. The van der Waals surface area contributed by atoms with Crippen molar-refractivity contribution in [2.24, 2.45) is 4.99 Å². The second-order valence-corrected chi connectivity index (χ2v) is 6.64. The van der Waals surface area contributed by atoms with Gasteiger partial charge in [0.25, 0.3) is 0 Å². The minimum atomic E-state index is -0.00810. The smallest absolute Gasteiger partial charge is 0.241 e. The highest BCUT2D eigenvalue weighted by atomic mass is 127. The molecule has 1 aromatic carbocycles. The molecular weight excluding hydrogens is 505 g/mol. The lowest BCUT2D eigenvalue weighted by atomic mass is 10.2. The fourth-order valence-electron chi connectivity index (χ4n) is 2.68. The summed E-state index contributed by atoms with van der Waals surface area (Å²) in [5, 5.41) is 6.28. The molecular formula is C23H32IN5O2. The molecule has 0 radical (unpaired) electrons. The van der Waals surface area contributed by atoms with Gasteiger partial charge in [0.05, 0.1) is 13.1 Å². The van der Waals surface area contributed by atoms with Crippen LogP contribution in [0.2, 0.25) is 0 Å². The van der Waals surface area contributed by atoms with Crippen molar-refractivity contribution in [3.63, 3.8) is 0 Å². The predicted molar refractivity (Wildman–Crippen MR) is 136 cm³/mol. The molecule has 31 heavy (non-hydrogen) atoms. The van der Waals surface area contributed by atoms with E-state index in [0.717, 1.165) is 23.4 Å². The SMILES string of the molecule is C=CCOc1ccccc1CN=C(NCC)NCC(=O)N(C)CCc1ccccn1.I. The molecule has 0 saturated carbocycles. The molecule has 0 aliphatic heterocycles. The molecule has 1 amide bonds. The fourth-order valence-corrected chi connectivity index (χ4v) is 2.68. The molecule has 1 heterocycles. The number of carbonyl (C=O) groups is 1. The number of likely N-dealkylation sites (N-methyl/N-ethyl adjacent to an activating group) is 1. The van der Waals surface area contributed by atoms with E-state index in [9.17, 15) is 4.79 Å². The van der Waals surface area contributed by atoms with Gasteiger partial charge in [0.1, 0.15) is 12.4 Å². The van der Waals surface area contributed by atoms with E-state index in [4.69, 9.17) is 4.74 Å². The first-order chi connectivity index (χ1) is 14.6. The topological polar surface area (TPSA) is 78.8 Å². The van der Waals surface area contributed by atoms with E-state index in [1.165, 1.54) is 0 Å². The van der Waals surface area contributed by atoms with E-state index in [1.54, 1.807) is 24.2 Å². The molecule has 0 fully saturated rings. The van der Waals surface area contributed by atoms with Crippen molar-refractivity contribution >= 4 is 35.8 Å². The van der Waals surface area contributed by atoms with Gasteiger partial charge < -0.3 is 20.3 Å². The summed E-state index contributed by atoms with van der Waals surface area (Å²) in [6.07, 6.45) is 4.19. The largest absolute Gasteiger partial charge is 0.489 e. The molecule has 168 valence electrons. The van der Waals surface area contributed by atoms with Crippen molar-refractivity contribution in [1.29, 1.82) is 0 Å². The Bertz CT molecular complexity index is 830. The molecule has 7 nitrogen and oxygen atoms in total. The average molecular weight is 537 g/mol. The van der Waals surface area contributed by atoms with Crippen molar-refractivity contribution in [3.05, 3.63) is 72.6 Å². The Morgan fingerprint density at radius 2 is 2.00 bits per heavy atom. The van der Waals surface area contributed by atoms with Crippen LogP contribution in [0.1, 0.15) is 18.2 Å². The van der Waals surface area contributed by atoms with Crippen LogP contribution in [0, 0.1) is 0 Å². The Labute approximate surface area is 202 Å². The first kappa shape index (κ1) is 26.4. The number of nitrogens with zero attached hydrogens (tertiary/aromatic N) is 3. The van der Waals surface area contributed by atoms with Crippen LogP contribution in [0.15, 0.2) is 66.3 Å². The Morgan fingerprint density at radius 1 is 1.23 bits per heavy atom. The molecule has 0 bridgehead atoms. The molecule has 8 heteroatoms. The van der Waals surface area contributed by atoms with Crippen molar-refractivity contribution in [2.45, 2.75) is 19.9 Å². The number of halogens is 1. The number of para-hydroxylation sites is 1. The van der Waals surface area contributed by atoms with Gasteiger partial charge in [-0.2, -0.15) is 0 Å². The van der Waals surface area contributed by atoms with E-state index in [0.29, 0.717) is 32.2 Å². The lowest BCUT2D eigenvalue weighted by molar-refractivity contribution is -0.128. The third-order valence-corrected chi connectivity index (χ3v) is 4.34. The van der Waals surface area contributed by atoms with Crippen LogP contribution in [0.25, 0.3) is 0 Å². The van der Waals surface area contributed by atoms with Crippen molar-refractivity contribution in [1.82, 2.24) is 20.5 Å². The number of ether oxygens (including phenoxy) is 1. The van der Waals surface area contributed by atoms with Crippen LogP contribution in [0.4, 0.5) is 0 Å². The number of carbonyl (C=O) groups excluding carboxylic acids is 1. The van der Waals surface area contributed by atoms with E-state index in [2.05, 4.69) is 27.2 Å². The van der Waals surface area contributed by atoms with Crippen LogP contribution in [-0.2, 0) is 17.8 Å². The zero-order chi connectivity index (χ0) is 21.6. The lowest BCUT2D eigenvalue weighted by Gasteiger charge is -2.18. The van der Waals surface area contributed by atoms with Gasteiger partial charge in [-0.3, -0.25) is 9.78 Å². The molecule has 2 aromatic rings. The zero-order valence-electron chi connectivity index (χ0n) is 18.2. The maximum atomic E-state index is 12.5. The summed E-state index contributed by atoms with van der Waals surface area (Å²) in [4.78, 5) is 23.0. The maximum Gasteiger partial charge on any atom is 0.241 e. The molecule has 0 atom stereocenters. The standard InChI is InChI=1S/C23H31N5O2.HI/c1-4-16-30-21-12-7-6-10-19(21)17-26-23(24-5-2)27-18-22(29)28(3)15-13-20-11-8-9-14-25-20;/h4,6-12,14H,1,5,13,15-18H2,2-3H3,(H2,24,26,27);1H. The van der Waals surface area contributed by atoms with Crippen LogP contribution in [0.5, 0.6) is 5.75 Å². The molecule has 0 unspecified atom stereocenters. The Hall–Kier alpha value is -2.62. The van der Waals surface area contributed by atoms with Crippen LogP contribution in [0.3, 0.4) is 0 Å². The lowest BCUT2D eigenvalue weighted by Crippen LogP contribution is -2.44. The summed E-state index contributed by atoms with van der Waals surface area (Å²) < 4.78 is 5.68. The summed E-state index contributed by atoms with van der Waals surface area (Å²) >= 11 is 0. The van der Waals surface area contributed by atoms with Gasteiger partial charge in [0, 0.05) is 44.0 Å². The summed E-state index contributed by atoms with van der Waals surface area (Å²) in [6.45, 7) is 8.02. The highest BCUT2D eigenvalue weighted by Crippen LogP contribution is 2.18. The van der Waals surface area contributed by atoms with Crippen LogP contribution < -0.4 is 15.4 Å². The molecule has 0 saturated heterocycles. The van der Waals surface area contributed by atoms with Crippen molar-refractivity contribution in [2.75, 3.05) is 33.3 Å². The van der Waals surface area contributed by atoms with E-state index in [1.807, 2.05) is 49.4 Å². The maximum absolute atomic E-state index is 12.5. The van der Waals surface area contributed by atoms with E-state index < -0.39 is 0 Å². The van der Waals surface area contributed by atoms with Gasteiger partial charge in [0.2, 0.25) is 5.91 Å². The number of pyridine rings is 1. The second kappa shape index (κ2) is 15.2. The number of aliphatic imine (C=N–C) groups is 1. The second-order valence-electron chi connectivity index (χ2n) is 6.64. The van der Waals surface area contributed by atoms with E-state index in [-0.39, 0.29) is 36.4 Å². The molecule has 2 rings (SSSR count). The number of hydrogen-bond donors (Lipinski definition) is 2. The third-order valence-electron chi connectivity index (χ3n) is 4.34. The Morgan fingerprint density at radius 3 is 2.71 bits per heavy atom. The summed E-state index contributed by atoms with van der Waals surface area (Å²) in [6, 6.07) is 13.6. The summed E-state index contributed by atoms with van der Waals surface area (Å²) in [7, 11) is 1.80. The number of hydrogen-bond acceptors (Lipinski definition) is 4. The molecule has 0 aliphatic rings. The Kier molecular flexibility index (Phi) is 13.0. The normalized spacial score (nSPS) is 10.6. The number of rotatable bonds is 11. The van der Waals surface area contributed by atoms with Gasteiger partial charge in [-0.05, 0) is 25.1 Å². The van der Waals surface area contributed by atoms with Gasteiger partial charge >= 0.3 is 0 Å². The minimum Gasteiger partial charge on any atom is -0.489 e. The Balaban J connectivity index is 0.00000480. The minimum absolute atomic E-state index is 0. The molecule has 2 N–H and O–H groups in total. The fraction of sp³-hybridized carbons (Fsp3) is 0.348. The predicted octanol–water partition coefficient (Wildman–Crippen LogP) is 3.02. The highest BCUT2D eigenvalue weighted by molar-refractivity contribution is 14.0. The molecule has 1 aromatic heterocycles. The molecule has 0 aliphatic carbocycles. The van der Waals surface area contributed by atoms with Crippen LogP contribution in [-0.4, -0.2) is 55.0 Å². The quantitative estimate of drug-likeness (QED) is 0.200. The summed E-state index contributed by atoms with van der Waals surface area (Å²) in [5.74, 6) is 1.36. The van der Waals surface area contributed by atoms with Crippen molar-refractivity contribution < 1.29 is 9.53 Å². The van der Waals surface area contributed by atoms with Crippen LogP contribution >= 0.6 is 24.0 Å². The van der Waals surface area contributed by atoms with Crippen molar-refractivity contribution in [3.8, 4) is 5.75 Å². The summed E-state index contributed by atoms with van der Waals surface area (Å²) in [5.41, 5.74) is 1.94. The monoisotopic (exact) mass is 537 g/mol. The highest BCUT2D eigenvalue weighted by Gasteiger charge is 2.10. The number of amides is 1. The zero-order valence-corrected chi connectivity index (χ0v) is 20.5. The first-order valence-corrected chi connectivity index (χ1v) is 10.1. The van der Waals surface area contributed by atoms with Gasteiger partial charge in [-0.15, -0.1) is 24.0 Å². The van der Waals surface area contributed by atoms with E-state index >= 15 is 0 Å². The average Bonchev–Trinajstić information content (AvgIpc) is 2.78. The number of guanidine groups is 1. The molecule has 0 spiro atoms.